The third-order valence-corrected chi connectivity index (χ3v) is 7.66. The molecule has 6 nitrogen and oxygen atoms in total. The Morgan fingerprint density at radius 1 is 0.833 bits per heavy atom. The normalized spacial score (nSPS) is 18.8. The van der Waals surface area contributed by atoms with Gasteiger partial charge in [-0.05, 0) is 66.1 Å². The molecule has 0 saturated carbocycles. The van der Waals surface area contributed by atoms with Crippen LogP contribution in [0, 0.1) is 0 Å². The van der Waals surface area contributed by atoms with Crippen LogP contribution in [0.2, 0.25) is 0 Å². The molecule has 36 heavy (non-hydrogen) atoms. The first kappa shape index (κ1) is 24.1. The predicted octanol–water partition coefficient (Wildman–Crippen LogP) is 6.41. The predicted molar refractivity (Wildman–Crippen MR) is 145 cm³/mol. The third kappa shape index (κ3) is 4.39. The zero-order chi connectivity index (χ0) is 25.2. The molecule has 0 aromatic heterocycles. The number of carbonyl (C=O) groups excluding carboxylic acids is 1. The summed E-state index contributed by atoms with van der Waals surface area (Å²) in [6.45, 7) is 0. The zero-order valence-corrected chi connectivity index (χ0v) is 21.7. The lowest BCUT2D eigenvalue weighted by Crippen LogP contribution is -2.27. The van der Waals surface area contributed by atoms with Gasteiger partial charge in [-0.1, -0.05) is 24.3 Å². The Balaban J connectivity index is 1.58. The van der Waals surface area contributed by atoms with Gasteiger partial charge in [0.1, 0.15) is 0 Å². The molecule has 186 valence electrons. The number of thioether (sulfide) groups is 1. The molecule has 1 aliphatic carbocycles. The van der Waals surface area contributed by atoms with Gasteiger partial charge in [-0.15, -0.1) is 11.8 Å². The number of rotatable bonds is 6. The highest BCUT2D eigenvalue weighted by Crippen LogP contribution is 2.47. The number of allylic oxidation sites excluding steroid dienone is 1. The molecule has 0 saturated heterocycles. The second-order valence-electron chi connectivity index (χ2n) is 8.90. The molecular formula is C29H30N2O4S. The van der Waals surface area contributed by atoms with Crippen molar-refractivity contribution in [3.05, 3.63) is 83.1 Å². The summed E-state index contributed by atoms with van der Waals surface area (Å²) in [7, 11) is 4.80. The van der Waals surface area contributed by atoms with Crippen LogP contribution in [-0.4, -0.2) is 33.4 Å². The highest BCUT2D eigenvalue weighted by Gasteiger charge is 2.36. The standard InChI is InChI=1S/C29H30N2O4S/c1-33-25-15-19(16-26(34-2)29(25)35-3)18-13-23-27(24(32)14-18)28(17-9-11-20(36-4)12-10-17)31-22-8-6-5-7-21(22)30-23/h5-12,15-16,18,28,30-31H,13-14H2,1-4H3/t18-,28+/m1/s1. The Labute approximate surface area is 216 Å². The summed E-state index contributed by atoms with van der Waals surface area (Å²) in [5, 5.41) is 7.24. The first-order valence-electron chi connectivity index (χ1n) is 11.9. The molecule has 0 unspecified atom stereocenters. The average Bonchev–Trinajstić information content (AvgIpc) is 3.09. The van der Waals surface area contributed by atoms with Gasteiger partial charge >= 0.3 is 0 Å². The molecule has 0 bridgehead atoms. The highest BCUT2D eigenvalue weighted by atomic mass is 32.2. The molecule has 7 heteroatoms. The number of nitrogens with one attached hydrogen (secondary N) is 2. The average molecular weight is 503 g/mol. The van der Waals surface area contributed by atoms with Gasteiger partial charge in [-0.25, -0.2) is 0 Å². The van der Waals surface area contributed by atoms with Crippen LogP contribution in [-0.2, 0) is 4.79 Å². The number of Topliss-reactive ketones (excluding diaryl/α,β-unsaturated/α-hetero) is 1. The van der Waals surface area contributed by atoms with Crippen LogP contribution in [0.4, 0.5) is 11.4 Å². The van der Waals surface area contributed by atoms with Crippen LogP contribution in [0.3, 0.4) is 0 Å². The van der Waals surface area contributed by atoms with Gasteiger partial charge in [0.25, 0.3) is 0 Å². The quantitative estimate of drug-likeness (QED) is 0.377. The second-order valence-corrected chi connectivity index (χ2v) is 9.78. The number of fused-ring (bicyclic) bond motifs is 1. The van der Waals surface area contributed by atoms with Crippen molar-refractivity contribution in [2.24, 2.45) is 0 Å². The fourth-order valence-electron chi connectivity index (χ4n) is 5.11. The number of carbonyl (C=O) groups is 1. The molecule has 1 heterocycles. The van der Waals surface area contributed by atoms with E-state index in [1.165, 1.54) is 4.90 Å². The number of methoxy groups -OCH3 is 3. The van der Waals surface area contributed by atoms with E-state index < -0.39 is 0 Å². The number of hydrogen-bond acceptors (Lipinski definition) is 7. The third-order valence-electron chi connectivity index (χ3n) is 6.92. The molecule has 5 rings (SSSR count). The smallest absolute Gasteiger partial charge is 0.203 e. The van der Waals surface area contributed by atoms with E-state index in [-0.39, 0.29) is 17.7 Å². The van der Waals surface area contributed by atoms with Crippen LogP contribution in [0.5, 0.6) is 17.2 Å². The van der Waals surface area contributed by atoms with E-state index in [4.69, 9.17) is 14.2 Å². The summed E-state index contributed by atoms with van der Waals surface area (Å²) in [6.07, 6.45) is 3.15. The Morgan fingerprint density at radius 3 is 2.11 bits per heavy atom. The summed E-state index contributed by atoms with van der Waals surface area (Å²) in [5.74, 6) is 1.83. The number of hydrogen-bond donors (Lipinski definition) is 2. The van der Waals surface area contributed by atoms with Crippen molar-refractivity contribution in [1.82, 2.24) is 0 Å². The summed E-state index contributed by atoms with van der Waals surface area (Å²) in [6, 6.07) is 20.2. The van der Waals surface area contributed by atoms with E-state index in [0.29, 0.717) is 30.1 Å². The van der Waals surface area contributed by atoms with Crippen molar-refractivity contribution >= 4 is 28.9 Å². The number of benzene rings is 3. The first-order valence-corrected chi connectivity index (χ1v) is 13.1. The summed E-state index contributed by atoms with van der Waals surface area (Å²) < 4.78 is 16.6. The molecule has 2 atom stereocenters. The topological polar surface area (TPSA) is 68.8 Å². The van der Waals surface area contributed by atoms with E-state index in [9.17, 15) is 4.79 Å². The van der Waals surface area contributed by atoms with E-state index in [2.05, 4.69) is 41.2 Å². The van der Waals surface area contributed by atoms with E-state index >= 15 is 0 Å². The summed E-state index contributed by atoms with van der Waals surface area (Å²) in [5.41, 5.74) is 5.73. The van der Waals surface area contributed by atoms with E-state index in [0.717, 1.165) is 33.8 Å². The Bertz CT molecular complexity index is 1290. The van der Waals surface area contributed by atoms with Gasteiger partial charge in [0.15, 0.2) is 17.3 Å². The number of ketones is 1. The molecule has 3 aromatic carbocycles. The van der Waals surface area contributed by atoms with Crippen molar-refractivity contribution < 1.29 is 19.0 Å². The van der Waals surface area contributed by atoms with Gasteiger partial charge in [-0.2, -0.15) is 0 Å². The highest BCUT2D eigenvalue weighted by molar-refractivity contribution is 7.98. The molecule has 2 N–H and O–H groups in total. The number of anilines is 2. The molecule has 0 radical (unpaired) electrons. The van der Waals surface area contributed by atoms with Gasteiger partial charge in [0.05, 0.1) is 38.7 Å². The monoisotopic (exact) mass is 502 g/mol. The maximum atomic E-state index is 13.8. The van der Waals surface area contributed by atoms with E-state index in [1.807, 2.05) is 36.4 Å². The lowest BCUT2D eigenvalue weighted by molar-refractivity contribution is -0.116. The minimum Gasteiger partial charge on any atom is -0.493 e. The van der Waals surface area contributed by atoms with Crippen molar-refractivity contribution in [2.45, 2.75) is 29.7 Å². The number of para-hydroxylation sites is 2. The largest absolute Gasteiger partial charge is 0.493 e. The molecule has 1 aliphatic heterocycles. The maximum Gasteiger partial charge on any atom is 0.203 e. The minimum absolute atomic E-state index is 0.0257. The molecule has 0 fully saturated rings. The lowest BCUT2D eigenvalue weighted by atomic mass is 9.78. The molecule has 3 aromatic rings. The Kier molecular flexibility index (Phi) is 6.83. The van der Waals surface area contributed by atoms with Gasteiger partial charge in [-0.3, -0.25) is 4.79 Å². The fourth-order valence-corrected chi connectivity index (χ4v) is 5.52. The first-order chi connectivity index (χ1) is 17.6. The Morgan fingerprint density at radius 2 is 1.50 bits per heavy atom. The van der Waals surface area contributed by atoms with Crippen molar-refractivity contribution in [2.75, 3.05) is 38.2 Å². The Hall–Kier alpha value is -3.58. The van der Waals surface area contributed by atoms with Crippen LogP contribution in [0.1, 0.15) is 35.9 Å². The van der Waals surface area contributed by atoms with Gasteiger partial charge < -0.3 is 24.8 Å². The molecular weight excluding hydrogens is 472 g/mol. The second kappa shape index (κ2) is 10.2. The van der Waals surface area contributed by atoms with Crippen molar-refractivity contribution in [1.29, 1.82) is 0 Å². The van der Waals surface area contributed by atoms with Gasteiger partial charge in [0.2, 0.25) is 5.75 Å². The van der Waals surface area contributed by atoms with Crippen LogP contribution < -0.4 is 24.8 Å². The molecule has 0 amide bonds. The zero-order valence-electron chi connectivity index (χ0n) is 20.9. The van der Waals surface area contributed by atoms with Crippen LogP contribution >= 0.6 is 11.8 Å². The van der Waals surface area contributed by atoms with Crippen molar-refractivity contribution in [3.63, 3.8) is 0 Å². The maximum absolute atomic E-state index is 13.8. The number of ether oxygens (including phenoxy) is 3. The van der Waals surface area contributed by atoms with Crippen LogP contribution in [0.15, 0.2) is 76.8 Å². The fraction of sp³-hybridized carbons (Fsp3) is 0.276. The van der Waals surface area contributed by atoms with Crippen molar-refractivity contribution in [3.8, 4) is 17.2 Å². The van der Waals surface area contributed by atoms with Gasteiger partial charge in [0, 0.05) is 22.6 Å². The van der Waals surface area contributed by atoms with E-state index in [1.54, 1.807) is 33.1 Å². The molecule has 0 spiro atoms. The summed E-state index contributed by atoms with van der Waals surface area (Å²) >= 11 is 1.71. The molecule has 2 aliphatic rings. The van der Waals surface area contributed by atoms with Crippen LogP contribution in [0.25, 0.3) is 0 Å². The lowest BCUT2D eigenvalue weighted by Gasteiger charge is -2.30. The SMILES string of the molecule is COc1cc([C@H]2CC(=O)C3=C(C2)Nc2ccccc2N[C@H]3c2ccc(SC)cc2)cc(OC)c1OC. The summed E-state index contributed by atoms with van der Waals surface area (Å²) in [4.78, 5) is 15.0. The minimum atomic E-state index is -0.236.